The van der Waals surface area contributed by atoms with Gasteiger partial charge in [-0.15, -0.1) is 5.10 Å². The number of nitrogens with one attached hydrogen (secondary N) is 1. The van der Waals surface area contributed by atoms with Gasteiger partial charge in [0.15, 0.2) is 5.00 Å². The van der Waals surface area contributed by atoms with Crippen LogP contribution in [0.4, 0.5) is 5.00 Å². The molecule has 0 fully saturated rings. The zero-order valence-corrected chi connectivity index (χ0v) is 12.4. The Hall–Kier alpha value is -2.28. The minimum atomic E-state index is -0.608. The van der Waals surface area contributed by atoms with E-state index < -0.39 is 5.97 Å². The Balaban J connectivity index is 1.82. The van der Waals surface area contributed by atoms with E-state index in [0.29, 0.717) is 11.4 Å². The van der Waals surface area contributed by atoms with Gasteiger partial charge < -0.3 is 10.1 Å². The highest BCUT2D eigenvalue weighted by atomic mass is 32.1. The first-order chi connectivity index (χ1) is 10.2. The molecule has 0 spiro atoms. The molecule has 1 aromatic carbocycles. The molecule has 21 heavy (non-hydrogen) atoms. The maximum atomic E-state index is 11.9. The van der Waals surface area contributed by atoms with E-state index in [2.05, 4.69) is 19.6 Å². The second-order valence-corrected chi connectivity index (χ2v) is 5.08. The topological polar surface area (TPSA) is 81.2 Å². The number of aromatic nitrogens is 2. The third kappa shape index (κ3) is 4.35. The molecule has 0 aliphatic carbocycles. The summed E-state index contributed by atoms with van der Waals surface area (Å²) in [6.45, 7) is 0. The van der Waals surface area contributed by atoms with Crippen molar-refractivity contribution in [3.05, 3.63) is 41.6 Å². The molecule has 0 aliphatic rings. The zero-order valence-electron chi connectivity index (χ0n) is 11.5. The minimum absolute atomic E-state index is 0.0407. The fourth-order valence-corrected chi connectivity index (χ4v) is 2.36. The standard InChI is InChI=1S/C14H15N3O3S/c1-20-14(19)12-13(21-17-16-12)15-11(18)9-5-8-10-6-3-2-4-7-10/h2-4,6-7H,5,8-9H2,1H3,(H,15,18). The molecule has 0 saturated carbocycles. The summed E-state index contributed by atoms with van der Waals surface area (Å²) in [5.41, 5.74) is 1.24. The van der Waals surface area contributed by atoms with Crippen molar-refractivity contribution in [2.75, 3.05) is 12.4 Å². The molecule has 110 valence electrons. The first kappa shape index (κ1) is 15.1. The van der Waals surface area contributed by atoms with E-state index in [1.165, 1.54) is 12.7 Å². The van der Waals surface area contributed by atoms with Gasteiger partial charge in [-0.1, -0.05) is 34.8 Å². The summed E-state index contributed by atoms with van der Waals surface area (Å²) in [5.74, 6) is -0.773. The van der Waals surface area contributed by atoms with E-state index in [1.807, 2.05) is 30.3 Å². The summed E-state index contributed by atoms with van der Waals surface area (Å²) < 4.78 is 8.22. The van der Waals surface area contributed by atoms with Crippen LogP contribution in [0.1, 0.15) is 28.9 Å². The maximum Gasteiger partial charge on any atom is 0.361 e. The van der Waals surface area contributed by atoms with Crippen molar-refractivity contribution in [1.82, 2.24) is 9.59 Å². The van der Waals surface area contributed by atoms with Gasteiger partial charge in [0.2, 0.25) is 11.6 Å². The number of carbonyl (C=O) groups excluding carboxylic acids is 2. The van der Waals surface area contributed by atoms with Crippen LogP contribution in [0.5, 0.6) is 0 Å². The molecule has 2 aromatic rings. The Bertz CT molecular complexity index is 613. The number of nitrogens with zero attached hydrogens (tertiary/aromatic N) is 2. The van der Waals surface area contributed by atoms with Crippen LogP contribution in [0.15, 0.2) is 30.3 Å². The molecule has 6 nitrogen and oxygen atoms in total. The number of carbonyl (C=O) groups is 2. The number of esters is 1. The number of hydrogen-bond donors (Lipinski definition) is 1. The molecule has 1 heterocycles. The Morgan fingerprint density at radius 1 is 1.29 bits per heavy atom. The number of anilines is 1. The van der Waals surface area contributed by atoms with Gasteiger partial charge in [0.05, 0.1) is 7.11 Å². The van der Waals surface area contributed by atoms with Crippen LogP contribution < -0.4 is 5.32 Å². The number of methoxy groups -OCH3 is 1. The summed E-state index contributed by atoms with van der Waals surface area (Å²) in [7, 11) is 1.26. The predicted molar refractivity (Wildman–Crippen MR) is 79.3 cm³/mol. The first-order valence-electron chi connectivity index (χ1n) is 6.45. The van der Waals surface area contributed by atoms with E-state index >= 15 is 0 Å². The van der Waals surface area contributed by atoms with Crippen LogP contribution in [0.25, 0.3) is 0 Å². The lowest BCUT2D eigenvalue weighted by Crippen LogP contribution is -2.14. The van der Waals surface area contributed by atoms with Gasteiger partial charge in [-0.05, 0) is 18.4 Å². The molecule has 7 heteroatoms. The highest BCUT2D eigenvalue weighted by Gasteiger charge is 2.18. The Labute approximate surface area is 126 Å². The van der Waals surface area contributed by atoms with Gasteiger partial charge in [-0.3, -0.25) is 4.79 Å². The van der Waals surface area contributed by atoms with Crippen LogP contribution in [0.2, 0.25) is 0 Å². The largest absolute Gasteiger partial charge is 0.464 e. The summed E-state index contributed by atoms with van der Waals surface area (Å²) in [6, 6.07) is 9.96. The van der Waals surface area contributed by atoms with E-state index in [-0.39, 0.29) is 11.6 Å². The highest BCUT2D eigenvalue weighted by molar-refractivity contribution is 7.10. The summed E-state index contributed by atoms with van der Waals surface area (Å²) in [5, 5.41) is 6.62. The summed E-state index contributed by atoms with van der Waals surface area (Å²) in [6.07, 6.45) is 1.93. The normalized spacial score (nSPS) is 10.1. The van der Waals surface area contributed by atoms with Crippen LogP contribution in [-0.2, 0) is 16.0 Å². The van der Waals surface area contributed by atoms with Crippen molar-refractivity contribution in [3.63, 3.8) is 0 Å². The molecular weight excluding hydrogens is 290 g/mol. The number of rotatable bonds is 6. The lowest BCUT2D eigenvalue weighted by atomic mass is 10.1. The average molecular weight is 305 g/mol. The van der Waals surface area contributed by atoms with Gasteiger partial charge in [0.1, 0.15) is 0 Å². The third-order valence-corrected chi connectivity index (χ3v) is 3.47. The van der Waals surface area contributed by atoms with Crippen LogP contribution >= 0.6 is 11.5 Å². The molecule has 0 radical (unpaired) electrons. The molecule has 0 atom stereocenters. The van der Waals surface area contributed by atoms with Crippen molar-refractivity contribution in [1.29, 1.82) is 0 Å². The number of amides is 1. The van der Waals surface area contributed by atoms with Gasteiger partial charge >= 0.3 is 5.97 Å². The lowest BCUT2D eigenvalue weighted by Gasteiger charge is -2.04. The second kappa shape index (κ2) is 7.49. The first-order valence-corrected chi connectivity index (χ1v) is 7.22. The Morgan fingerprint density at radius 3 is 2.76 bits per heavy atom. The number of aryl methyl sites for hydroxylation is 1. The lowest BCUT2D eigenvalue weighted by molar-refractivity contribution is -0.116. The van der Waals surface area contributed by atoms with Crippen molar-refractivity contribution < 1.29 is 14.3 Å². The molecular formula is C14H15N3O3S. The van der Waals surface area contributed by atoms with E-state index in [4.69, 9.17) is 0 Å². The Kier molecular flexibility index (Phi) is 5.39. The second-order valence-electron chi connectivity index (χ2n) is 4.33. The molecule has 0 saturated heterocycles. The molecule has 0 aliphatic heterocycles. The zero-order chi connectivity index (χ0) is 15.1. The average Bonchev–Trinajstić information content (AvgIpc) is 2.95. The van der Waals surface area contributed by atoms with Crippen LogP contribution in [0, 0.1) is 0 Å². The highest BCUT2D eigenvalue weighted by Crippen LogP contribution is 2.18. The fraction of sp³-hybridized carbons (Fsp3) is 0.286. The van der Waals surface area contributed by atoms with Gasteiger partial charge in [0, 0.05) is 18.0 Å². The smallest absolute Gasteiger partial charge is 0.361 e. The molecule has 1 aromatic heterocycles. The molecule has 0 bridgehead atoms. The van der Waals surface area contributed by atoms with Crippen LogP contribution in [0.3, 0.4) is 0 Å². The van der Waals surface area contributed by atoms with Crippen molar-refractivity contribution in [2.24, 2.45) is 0 Å². The summed E-state index contributed by atoms with van der Waals surface area (Å²) in [4.78, 5) is 23.3. The number of hydrogen-bond acceptors (Lipinski definition) is 6. The van der Waals surface area contributed by atoms with Crippen LogP contribution in [-0.4, -0.2) is 28.6 Å². The molecule has 1 N–H and O–H groups in total. The van der Waals surface area contributed by atoms with Gasteiger partial charge in [-0.25, -0.2) is 4.79 Å². The minimum Gasteiger partial charge on any atom is -0.464 e. The molecule has 0 unspecified atom stereocenters. The van der Waals surface area contributed by atoms with Crippen molar-refractivity contribution in [2.45, 2.75) is 19.3 Å². The third-order valence-electron chi connectivity index (χ3n) is 2.83. The van der Waals surface area contributed by atoms with Gasteiger partial charge in [-0.2, -0.15) is 0 Å². The fourth-order valence-electron chi connectivity index (χ4n) is 1.79. The maximum absolute atomic E-state index is 11.9. The predicted octanol–water partition coefficient (Wildman–Crippen LogP) is 2.29. The quantitative estimate of drug-likeness (QED) is 0.828. The van der Waals surface area contributed by atoms with Gasteiger partial charge in [0.25, 0.3) is 0 Å². The molecule has 2 rings (SSSR count). The van der Waals surface area contributed by atoms with E-state index in [0.717, 1.165) is 24.4 Å². The number of ether oxygens (including phenoxy) is 1. The van der Waals surface area contributed by atoms with Crippen molar-refractivity contribution in [3.8, 4) is 0 Å². The molecule has 1 amide bonds. The van der Waals surface area contributed by atoms with E-state index in [1.54, 1.807) is 0 Å². The van der Waals surface area contributed by atoms with E-state index in [9.17, 15) is 9.59 Å². The van der Waals surface area contributed by atoms with Crippen molar-refractivity contribution >= 4 is 28.4 Å². The Morgan fingerprint density at radius 2 is 2.05 bits per heavy atom. The summed E-state index contributed by atoms with van der Waals surface area (Å²) >= 11 is 0.958. The number of benzene rings is 1. The monoisotopic (exact) mass is 305 g/mol. The SMILES string of the molecule is COC(=O)c1nnsc1NC(=O)CCCc1ccccc1.